The zero-order chi connectivity index (χ0) is 22.1. The van der Waals surface area contributed by atoms with Gasteiger partial charge in [0.05, 0.1) is 6.54 Å². The van der Waals surface area contributed by atoms with E-state index in [0.717, 1.165) is 12.0 Å². The molecular weight excluding hydrogens is 429 g/mol. The molecule has 8 nitrogen and oxygen atoms in total. The fraction of sp³-hybridized carbons (Fsp3) is 0.500. The van der Waals surface area contributed by atoms with Gasteiger partial charge in [0.1, 0.15) is 16.1 Å². The van der Waals surface area contributed by atoms with Gasteiger partial charge in [-0.15, -0.1) is 23.2 Å². The molecule has 2 fully saturated rings. The van der Waals surface area contributed by atoms with Gasteiger partial charge in [0.2, 0.25) is 11.8 Å². The van der Waals surface area contributed by atoms with E-state index in [9.17, 15) is 14.4 Å². The number of primary amides is 1. The highest BCUT2D eigenvalue weighted by atomic mass is 35.5. The summed E-state index contributed by atoms with van der Waals surface area (Å²) in [6, 6.07) is 4.59. The van der Waals surface area contributed by atoms with E-state index in [-0.39, 0.29) is 30.0 Å². The summed E-state index contributed by atoms with van der Waals surface area (Å²) >= 11 is 12.0. The molecule has 1 aliphatic heterocycles. The number of rotatable bonds is 8. The molecule has 1 aromatic rings. The van der Waals surface area contributed by atoms with E-state index in [2.05, 4.69) is 10.6 Å². The van der Waals surface area contributed by atoms with Gasteiger partial charge in [-0.1, -0.05) is 12.1 Å². The van der Waals surface area contributed by atoms with Crippen LogP contribution in [0.4, 0.5) is 5.69 Å². The van der Waals surface area contributed by atoms with Crippen molar-refractivity contribution in [3.05, 3.63) is 29.3 Å². The summed E-state index contributed by atoms with van der Waals surface area (Å²) < 4.78 is -0.757. The molecule has 1 heterocycles. The number of amides is 3. The summed E-state index contributed by atoms with van der Waals surface area (Å²) in [4.78, 5) is 38.3. The summed E-state index contributed by atoms with van der Waals surface area (Å²) in [6.07, 6.45) is 1.98. The summed E-state index contributed by atoms with van der Waals surface area (Å²) in [5, 5.41) is 13.7. The topological polar surface area (TPSA) is 128 Å². The Hall–Kier alpha value is -2.32. The fourth-order valence-corrected chi connectivity index (χ4v) is 4.12. The number of carbonyl (C=O) groups excluding carboxylic acids is 3. The van der Waals surface area contributed by atoms with Crippen molar-refractivity contribution in [2.24, 2.45) is 11.7 Å². The fourth-order valence-electron chi connectivity index (χ4n) is 3.60. The molecule has 3 rings (SSSR count). The number of anilines is 1. The van der Waals surface area contributed by atoms with Crippen LogP contribution in [0.25, 0.3) is 0 Å². The highest BCUT2D eigenvalue weighted by Crippen LogP contribution is 2.52. The quantitative estimate of drug-likeness (QED) is 0.351. The third kappa shape index (κ3) is 5.05. The number of halogens is 2. The smallest absolute Gasteiger partial charge is 0.267 e. The van der Waals surface area contributed by atoms with Crippen molar-refractivity contribution >= 4 is 52.3 Å². The van der Waals surface area contributed by atoms with Crippen molar-refractivity contribution in [1.29, 1.82) is 5.41 Å². The molecule has 0 spiro atoms. The number of hydrogen-bond donors (Lipinski definition) is 4. The van der Waals surface area contributed by atoms with Gasteiger partial charge in [-0.3, -0.25) is 19.8 Å². The molecule has 3 amide bonds. The molecule has 1 saturated carbocycles. The predicted octanol–water partition coefficient (Wildman–Crippen LogP) is 1.56. The summed E-state index contributed by atoms with van der Waals surface area (Å²) in [5.74, 6) is -1.25. The first-order valence-electron chi connectivity index (χ1n) is 9.78. The number of nitrogens with zero attached hydrogens (tertiary/aromatic N) is 1. The van der Waals surface area contributed by atoms with Crippen LogP contribution >= 0.6 is 23.2 Å². The number of alkyl halides is 2. The summed E-state index contributed by atoms with van der Waals surface area (Å²) in [6.45, 7) is 2.68. The zero-order valence-corrected chi connectivity index (χ0v) is 18.1. The van der Waals surface area contributed by atoms with Crippen LogP contribution in [0.5, 0.6) is 0 Å². The van der Waals surface area contributed by atoms with Gasteiger partial charge in [-0.25, -0.2) is 0 Å². The Morgan fingerprint density at radius 1 is 1.33 bits per heavy atom. The lowest BCUT2D eigenvalue weighted by Crippen LogP contribution is -2.48. The molecule has 10 heteroatoms. The Bertz CT molecular complexity index is 889. The van der Waals surface area contributed by atoms with Crippen LogP contribution in [-0.4, -0.2) is 58.3 Å². The van der Waals surface area contributed by atoms with Gasteiger partial charge >= 0.3 is 0 Å². The van der Waals surface area contributed by atoms with Crippen LogP contribution in [0, 0.1) is 18.3 Å². The van der Waals surface area contributed by atoms with Gasteiger partial charge in [0, 0.05) is 30.3 Å². The predicted molar refractivity (Wildman–Crippen MR) is 116 cm³/mol. The van der Waals surface area contributed by atoms with Gasteiger partial charge < -0.3 is 21.3 Å². The minimum Gasteiger partial charge on any atom is -0.376 e. The molecule has 162 valence electrons. The minimum atomic E-state index is -0.849. The SMILES string of the molecule is Cc1ccc(C(=N)C(N)=O)c(NCC(=O)N2CCC[C@H]2C(=O)NC[C@H]2CC2(Cl)Cl)c1. The maximum atomic E-state index is 12.8. The van der Waals surface area contributed by atoms with Gasteiger partial charge in [-0.2, -0.15) is 0 Å². The molecule has 0 radical (unpaired) electrons. The van der Waals surface area contributed by atoms with E-state index in [1.165, 1.54) is 0 Å². The van der Waals surface area contributed by atoms with E-state index in [4.69, 9.17) is 34.3 Å². The molecule has 0 aromatic heterocycles. The van der Waals surface area contributed by atoms with Gasteiger partial charge in [0.15, 0.2) is 0 Å². The normalized spacial score (nSPS) is 21.8. The number of aryl methyl sites for hydroxylation is 1. The van der Waals surface area contributed by atoms with Crippen LogP contribution in [0.15, 0.2) is 18.2 Å². The molecular formula is C20H25Cl2N5O3. The molecule has 30 heavy (non-hydrogen) atoms. The van der Waals surface area contributed by atoms with Gasteiger partial charge in [-0.05, 0) is 37.8 Å². The molecule has 0 bridgehead atoms. The summed E-state index contributed by atoms with van der Waals surface area (Å²) in [7, 11) is 0. The highest BCUT2D eigenvalue weighted by Gasteiger charge is 2.51. The Morgan fingerprint density at radius 2 is 2.03 bits per heavy atom. The third-order valence-corrected chi connectivity index (χ3v) is 6.40. The van der Waals surface area contributed by atoms with E-state index in [0.29, 0.717) is 37.2 Å². The van der Waals surface area contributed by atoms with Crippen LogP contribution in [0.2, 0.25) is 0 Å². The Morgan fingerprint density at radius 3 is 2.67 bits per heavy atom. The van der Waals surface area contributed by atoms with E-state index < -0.39 is 16.3 Å². The number of carbonyl (C=O) groups is 3. The van der Waals surface area contributed by atoms with Crippen molar-refractivity contribution in [1.82, 2.24) is 10.2 Å². The lowest BCUT2D eigenvalue weighted by molar-refractivity contribution is -0.137. The third-order valence-electron chi connectivity index (χ3n) is 5.48. The second-order valence-corrected chi connectivity index (χ2v) is 9.34. The molecule has 0 unspecified atom stereocenters. The maximum Gasteiger partial charge on any atom is 0.267 e. The van der Waals surface area contributed by atoms with E-state index in [1.807, 2.05) is 6.92 Å². The first kappa shape index (κ1) is 22.4. The van der Waals surface area contributed by atoms with Crippen LogP contribution in [0.3, 0.4) is 0 Å². The molecule has 1 aromatic carbocycles. The van der Waals surface area contributed by atoms with E-state index >= 15 is 0 Å². The van der Waals surface area contributed by atoms with Gasteiger partial charge in [0.25, 0.3) is 5.91 Å². The zero-order valence-electron chi connectivity index (χ0n) is 16.6. The number of benzene rings is 1. The van der Waals surface area contributed by atoms with Crippen molar-refractivity contribution in [3.63, 3.8) is 0 Å². The molecule has 1 saturated heterocycles. The molecule has 2 aliphatic rings. The van der Waals surface area contributed by atoms with Crippen LogP contribution < -0.4 is 16.4 Å². The number of likely N-dealkylation sites (tertiary alicyclic amines) is 1. The Labute approximate surface area is 185 Å². The maximum absolute atomic E-state index is 12.8. The number of hydrogen-bond acceptors (Lipinski definition) is 5. The number of nitrogens with two attached hydrogens (primary N) is 1. The monoisotopic (exact) mass is 453 g/mol. The average molecular weight is 454 g/mol. The first-order valence-corrected chi connectivity index (χ1v) is 10.5. The standard InChI is InChI=1S/C20H25Cl2N5O3/c1-11-4-5-13(17(23)18(24)29)14(7-11)25-10-16(28)27-6-2-3-15(27)19(30)26-9-12-8-20(12,21)22/h4-5,7,12,15,23,25H,2-3,6,8-10H2,1H3,(H2,24,29)(H,26,30)/t12-,15+/m1/s1. The first-order chi connectivity index (χ1) is 14.1. The average Bonchev–Trinajstić information content (AvgIpc) is 3.06. The molecule has 5 N–H and O–H groups in total. The Kier molecular flexibility index (Phi) is 6.57. The lowest BCUT2D eigenvalue weighted by Gasteiger charge is -2.24. The minimum absolute atomic E-state index is 0.0392. The van der Waals surface area contributed by atoms with Crippen LogP contribution in [0.1, 0.15) is 30.4 Å². The van der Waals surface area contributed by atoms with E-state index in [1.54, 1.807) is 23.1 Å². The lowest BCUT2D eigenvalue weighted by atomic mass is 10.0. The van der Waals surface area contributed by atoms with Crippen molar-refractivity contribution in [2.45, 2.75) is 36.6 Å². The van der Waals surface area contributed by atoms with Crippen molar-refractivity contribution in [3.8, 4) is 0 Å². The molecule has 1 aliphatic carbocycles. The second kappa shape index (κ2) is 8.81. The number of nitrogens with one attached hydrogen (secondary N) is 3. The Balaban J connectivity index is 1.60. The summed E-state index contributed by atoms with van der Waals surface area (Å²) in [5.41, 5.74) is 6.59. The van der Waals surface area contributed by atoms with Crippen molar-refractivity contribution < 1.29 is 14.4 Å². The largest absolute Gasteiger partial charge is 0.376 e. The second-order valence-electron chi connectivity index (χ2n) is 7.79. The van der Waals surface area contributed by atoms with Crippen molar-refractivity contribution in [2.75, 3.05) is 25.0 Å². The molecule has 2 atom stereocenters. The highest BCUT2D eigenvalue weighted by molar-refractivity contribution is 6.50. The van der Waals surface area contributed by atoms with Crippen LogP contribution in [-0.2, 0) is 14.4 Å².